The van der Waals surface area contributed by atoms with Gasteiger partial charge in [0.25, 0.3) is 0 Å². The Labute approximate surface area is 84.4 Å². The van der Waals surface area contributed by atoms with E-state index in [1.165, 1.54) is 0 Å². The third-order valence-corrected chi connectivity index (χ3v) is 1.86. The van der Waals surface area contributed by atoms with E-state index in [9.17, 15) is 0 Å². The van der Waals surface area contributed by atoms with Gasteiger partial charge < -0.3 is 10.5 Å². The summed E-state index contributed by atoms with van der Waals surface area (Å²) in [4.78, 5) is 0. The summed E-state index contributed by atoms with van der Waals surface area (Å²) in [5, 5.41) is 7.33. The van der Waals surface area contributed by atoms with E-state index in [0.717, 1.165) is 16.9 Å². The number of ether oxygens (including phenoxy) is 1. The van der Waals surface area contributed by atoms with Crippen molar-refractivity contribution in [3.8, 4) is 5.75 Å². The molecule has 3 heteroatoms. The molecule has 0 saturated heterocycles. The maximum Gasteiger partial charge on any atom is 0.123 e. The van der Waals surface area contributed by atoms with Crippen LogP contribution in [0.15, 0.2) is 18.2 Å². The van der Waals surface area contributed by atoms with Crippen LogP contribution < -0.4 is 10.5 Å². The quantitative estimate of drug-likeness (QED) is 0.569. The number of amidine groups is 1. The number of nitrogen functional groups attached to an aromatic ring is 1. The first-order valence-corrected chi connectivity index (χ1v) is 4.62. The smallest absolute Gasteiger partial charge is 0.123 e. The highest BCUT2D eigenvalue weighted by molar-refractivity contribution is 5.96. The van der Waals surface area contributed by atoms with Crippen LogP contribution in [-0.2, 0) is 0 Å². The summed E-state index contributed by atoms with van der Waals surface area (Å²) in [6, 6.07) is 5.55. The van der Waals surface area contributed by atoms with E-state index in [1.54, 1.807) is 0 Å². The fourth-order valence-corrected chi connectivity index (χ4v) is 1.28. The van der Waals surface area contributed by atoms with Crippen LogP contribution in [0, 0.1) is 12.3 Å². The highest BCUT2D eigenvalue weighted by atomic mass is 16.5. The van der Waals surface area contributed by atoms with E-state index < -0.39 is 0 Å². The Morgan fingerprint density at radius 2 is 2.07 bits per heavy atom. The molecule has 0 spiro atoms. The van der Waals surface area contributed by atoms with E-state index in [0.29, 0.717) is 0 Å². The number of hydrogen-bond acceptors (Lipinski definition) is 2. The zero-order valence-corrected chi connectivity index (χ0v) is 8.79. The van der Waals surface area contributed by atoms with E-state index in [4.69, 9.17) is 15.9 Å². The molecule has 0 aromatic heterocycles. The van der Waals surface area contributed by atoms with Crippen LogP contribution in [0.3, 0.4) is 0 Å². The van der Waals surface area contributed by atoms with Gasteiger partial charge in [0, 0.05) is 5.56 Å². The number of nitrogens with one attached hydrogen (secondary N) is 1. The highest BCUT2D eigenvalue weighted by Gasteiger charge is 2.04. The van der Waals surface area contributed by atoms with E-state index in [-0.39, 0.29) is 11.9 Å². The number of aryl methyl sites for hydroxylation is 1. The van der Waals surface area contributed by atoms with Gasteiger partial charge in [-0.05, 0) is 44.5 Å². The second-order valence-electron chi connectivity index (χ2n) is 3.56. The van der Waals surface area contributed by atoms with Crippen molar-refractivity contribution in [3.05, 3.63) is 29.3 Å². The maximum atomic E-state index is 7.33. The Kier molecular flexibility index (Phi) is 3.12. The Bertz CT molecular complexity index is 345. The van der Waals surface area contributed by atoms with Crippen LogP contribution in [0.1, 0.15) is 25.0 Å². The molecule has 0 bridgehead atoms. The van der Waals surface area contributed by atoms with Gasteiger partial charge in [-0.15, -0.1) is 0 Å². The molecular weight excluding hydrogens is 176 g/mol. The third kappa shape index (κ3) is 2.49. The first-order chi connectivity index (χ1) is 6.50. The van der Waals surface area contributed by atoms with Gasteiger partial charge in [-0.1, -0.05) is 0 Å². The zero-order chi connectivity index (χ0) is 10.7. The molecule has 1 aromatic rings. The Morgan fingerprint density at radius 1 is 1.43 bits per heavy atom. The molecule has 0 aliphatic carbocycles. The Balaban J connectivity index is 2.94. The zero-order valence-electron chi connectivity index (χ0n) is 8.79. The summed E-state index contributed by atoms with van der Waals surface area (Å²) in [6.45, 7) is 5.88. The minimum Gasteiger partial charge on any atom is -0.491 e. The summed E-state index contributed by atoms with van der Waals surface area (Å²) in [7, 11) is 0. The summed E-state index contributed by atoms with van der Waals surface area (Å²) in [5.41, 5.74) is 7.14. The lowest BCUT2D eigenvalue weighted by Gasteiger charge is -2.11. The van der Waals surface area contributed by atoms with Crippen molar-refractivity contribution >= 4 is 5.84 Å². The van der Waals surface area contributed by atoms with Gasteiger partial charge in [0.2, 0.25) is 0 Å². The predicted molar refractivity (Wildman–Crippen MR) is 58.0 cm³/mol. The first-order valence-electron chi connectivity index (χ1n) is 4.62. The van der Waals surface area contributed by atoms with Crippen LogP contribution in [0.5, 0.6) is 5.75 Å². The van der Waals surface area contributed by atoms with Crippen LogP contribution in [0.4, 0.5) is 0 Å². The molecule has 3 N–H and O–H groups in total. The van der Waals surface area contributed by atoms with Gasteiger partial charge in [0.15, 0.2) is 0 Å². The number of nitrogens with two attached hydrogens (primary N) is 1. The van der Waals surface area contributed by atoms with Crippen LogP contribution in [0.25, 0.3) is 0 Å². The Hall–Kier alpha value is -1.51. The van der Waals surface area contributed by atoms with Crippen molar-refractivity contribution in [2.24, 2.45) is 5.73 Å². The summed E-state index contributed by atoms with van der Waals surface area (Å²) in [6.07, 6.45) is 0.164. The van der Waals surface area contributed by atoms with Gasteiger partial charge >= 0.3 is 0 Å². The molecule has 3 nitrogen and oxygen atoms in total. The van der Waals surface area contributed by atoms with Crippen molar-refractivity contribution in [1.82, 2.24) is 0 Å². The largest absolute Gasteiger partial charge is 0.491 e. The number of hydrogen-bond donors (Lipinski definition) is 2. The lowest BCUT2D eigenvalue weighted by Crippen LogP contribution is -2.13. The van der Waals surface area contributed by atoms with Crippen LogP contribution in [-0.4, -0.2) is 11.9 Å². The van der Waals surface area contributed by atoms with E-state index in [1.807, 2.05) is 39.0 Å². The summed E-state index contributed by atoms with van der Waals surface area (Å²) >= 11 is 0. The van der Waals surface area contributed by atoms with Gasteiger partial charge in [-0.25, -0.2) is 0 Å². The average Bonchev–Trinajstić information content (AvgIpc) is 2.01. The molecule has 1 aromatic carbocycles. The summed E-state index contributed by atoms with van der Waals surface area (Å²) in [5.74, 6) is 0.918. The molecule has 14 heavy (non-hydrogen) atoms. The fourth-order valence-electron chi connectivity index (χ4n) is 1.28. The normalized spacial score (nSPS) is 10.3. The first kappa shape index (κ1) is 10.6. The maximum absolute atomic E-state index is 7.33. The van der Waals surface area contributed by atoms with Crippen molar-refractivity contribution in [1.29, 1.82) is 5.41 Å². The fraction of sp³-hybridized carbons (Fsp3) is 0.364. The van der Waals surface area contributed by atoms with Crippen molar-refractivity contribution in [3.63, 3.8) is 0 Å². The lowest BCUT2D eigenvalue weighted by atomic mass is 10.1. The Morgan fingerprint density at radius 3 is 2.50 bits per heavy atom. The van der Waals surface area contributed by atoms with Crippen molar-refractivity contribution in [2.45, 2.75) is 26.9 Å². The molecule has 0 atom stereocenters. The topological polar surface area (TPSA) is 59.1 Å². The molecule has 0 amide bonds. The monoisotopic (exact) mass is 192 g/mol. The second-order valence-corrected chi connectivity index (χ2v) is 3.56. The van der Waals surface area contributed by atoms with Gasteiger partial charge in [-0.3, -0.25) is 5.41 Å². The molecule has 1 rings (SSSR count). The number of benzene rings is 1. The lowest BCUT2D eigenvalue weighted by molar-refractivity contribution is 0.242. The van der Waals surface area contributed by atoms with Crippen LogP contribution >= 0.6 is 0 Å². The number of rotatable bonds is 3. The highest BCUT2D eigenvalue weighted by Crippen LogP contribution is 2.17. The minimum absolute atomic E-state index is 0.0959. The molecule has 0 aliphatic rings. The van der Waals surface area contributed by atoms with Gasteiger partial charge in [0.1, 0.15) is 11.6 Å². The summed E-state index contributed by atoms with van der Waals surface area (Å²) < 4.78 is 5.52. The molecule has 0 heterocycles. The molecule has 0 fully saturated rings. The predicted octanol–water partition coefficient (Wildman–Crippen LogP) is 2.07. The second kappa shape index (κ2) is 4.13. The standard InChI is InChI=1S/C11H16N2O/c1-7(2)14-9-4-5-10(11(12)13)8(3)6-9/h4-7H,1-3H3,(H3,12,13). The molecular formula is C11H16N2O. The molecule has 0 aliphatic heterocycles. The average molecular weight is 192 g/mol. The van der Waals surface area contributed by atoms with E-state index >= 15 is 0 Å². The van der Waals surface area contributed by atoms with Gasteiger partial charge in [0.05, 0.1) is 6.10 Å². The SMILES string of the molecule is Cc1cc(OC(C)C)ccc1C(=N)N. The van der Waals surface area contributed by atoms with Gasteiger partial charge in [-0.2, -0.15) is 0 Å². The third-order valence-electron chi connectivity index (χ3n) is 1.86. The minimum atomic E-state index is 0.0959. The van der Waals surface area contributed by atoms with Crippen molar-refractivity contribution in [2.75, 3.05) is 0 Å². The van der Waals surface area contributed by atoms with Crippen LogP contribution in [0.2, 0.25) is 0 Å². The molecule has 0 saturated carbocycles. The van der Waals surface area contributed by atoms with Crippen molar-refractivity contribution < 1.29 is 4.74 Å². The molecule has 0 unspecified atom stereocenters. The molecule has 76 valence electrons. The molecule has 0 radical (unpaired) electrons. The van der Waals surface area contributed by atoms with E-state index in [2.05, 4.69) is 0 Å².